The third-order valence-electron chi connectivity index (χ3n) is 4.77. The van der Waals surface area contributed by atoms with Gasteiger partial charge in [-0.1, -0.05) is 35.9 Å². The van der Waals surface area contributed by atoms with E-state index in [0.717, 1.165) is 21.9 Å². The molecule has 0 saturated carbocycles. The van der Waals surface area contributed by atoms with Crippen molar-refractivity contribution in [3.05, 3.63) is 94.1 Å². The Hall–Kier alpha value is -2.94. The van der Waals surface area contributed by atoms with Crippen molar-refractivity contribution in [1.82, 2.24) is 0 Å². The SMILES string of the molecule is CS(=O)(=O)N(Cc1ccc(Cl)cc1)c1ccc2sc(C(=O)Nc3ccccc3F)cc2c1. The van der Waals surface area contributed by atoms with E-state index in [2.05, 4.69) is 5.32 Å². The Bertz CT molecular complexity index is 1400. The van der Waals surface area contributed by atoms with Gasteiger partial charge in [0.15, 0.2) is 0 Å². The van der Waals surface area contributed by atoms with Crippen LogP contribution in [0.1, 0.15) is 15.2 Å². The van der Waals surface area contributed by atoms with Gasteiger partial charge in [-0.15, -0.1) is 11.3 Å². The molecule has 0 unspecified atom stereocenters. The second-order valence-corrected chi connectivity index (χ2v) is 10.6. The third kappa shape index (κ3) is 4.93. The number of rotatable bonds is 6. The first kappa shape index (κ1) is 22.3. The first-order valence-corrected chi connectivity index (χ1v) is 12.6. The number of anilines is 2. The zero-order valence-electron chi connectivity index (χ0n) is 16.9. The van der Waals surface area contributed by atoms with Crippen LogP contribution >= 0.6 is 22.9 Å². The smallest absolute Gasteiger partial charge is 0.265 e. The first-order chi connectivity index (χ1) is 15.2. The molecule has 1 amide bonds. The second kappa shape index (κ2) is 8.90. The zero-order chi connectivity index (χ0) is 22.9. The minimum absolute atomic E-state index is 0.0989. The van der Waals surface area contributed by atoms with Gasteiger partial charge in [-0.3, -0.25) is 9.10 Å². The van der Waals surface area contributed by atoms with Crippen molar-refractivity contribution in [3.8, 4) is 0 Å². The quantitative estimate of drug-likeness (QED) is 0.366. The normalized spacial score (nSPS) is 11.5. The molecule has 0 aliphatic heterocycles. The maximum absolute atomic E-state index is 13.8. The maximum Gasteiger partial charge on any atom is 0.265 e. The minimum Gasteiger partial charge on any atom is -0.319 e. The zero-order valence-corrected chi connectivity index (χ0v) is 19.3. The van der Waals surface area contributed by atoms with E-state index in [1.165, 1.54) is 27.8 Å². The number of benzene rings is 3. The molecule has 0 saturated heterocycles. The van der Waals surface area contributed by atoms with Crippen LogP contribution in [0.2, 0.25) is 5.02 Å². The highest BCUT2D eigenvalue weighted by Gasteiger charge is 2.20. The molecule has 0 fully saturated rings. The van der Waals surface area contributed by atoms with E-state index in [-0.39, 0.29) is 12.2 Å². The summed E-state index contributed by atoms with van der Waals surface area (Å²) < 4.78 is 40.9. The summed E-state index contributed by atoms with van der Waals surface area (Å²) in [6.07, 6.45) is 1.15. The lowest BCUT2D eigenvalue weighted by Gasteiger charge is -2.22. The van der Waals surface area contributed by atoms with E-state index in [1.54, 1.807) is 60.7 Å². The fourth-order valence-corrected chi connectivity index (χ4v) is 5.14. The third-order valence-corrected chi connectivity index (χ3v) is 7.28. The Balaban J connectivity index is 1.64. The van der Waals surface area contributed by atoms with Gasteiger partial charge in [0.2, 0.25) is 10.0 Å². The van der Waals surface area contributed by atoms with E-state index >= 15 is 0 Å². The summed E-state index contributed by atoms with van der Waals surface area (Å²) in [5, 5.41) is 3.85. The minimum atomic E-state index is -3.57. The number of fused-ring (bicyclic) bond motifs is 1. The molecule has 0 spiro atoms. The van der Waals surface area contributed by atoms with E-state index in [1.807, 2.05) is 0 Å². The fourth-order valence-electron chi connectivity index (χ4n) is 3.20. The molecule has 0 aliphatic carbocycles. The Kier molecular flexibility index (Phi) is 6.19. The van der Waals surface area contributed by atoms with Crippen LogP contribution in [0.4, 0.5) is 15.8 Å². The number of halogens is 2. The van der Waals surface area contributed by atoms with Crippen molar-refractivity contribution >= 4 is 60.3 Å². The van der Waals surface area contributed by atoms with Crippen LogP contribution in [-0.4, -0.2) is 20.6 Å². The fraction of sp³-hybridized carbons (Fsp3) is 0.0870. The van der Waals surface area contributed by atoms with Gasteiger partial charge in [0.1, 0.15) is 5.82 Å². The average Bonchev–Trinajstić information content (AvgIpc) is 3.17. The molecule has 4 rings (SSSR count). The van der Waals surface area contributed by atoms with E-state index in [9.17, 15) is 17.6 Å². The molecule has 164 valence electrons. The highest BCUT2D eigenvalue weighted by atomic mass is 35.5. The Morgan fingerprint density at radius 2 is 1.78 bits per heavy atom. The van der Waals surface area contributed by atoms with Crippen LogP contribution in [0.3, 0.4) is 0 Å². The number of thiophene rings is 1. The molecule has 5 nitrogen and oxygen atoms in total. The number of hydrogen-bond acceptors (Lipinski definition) is 4. The number of para-hydroxylation sites is 1. The molecular formula is C23H18ClFN2O3S2. The largest absolute Gasteiger partial charge is 0.319 e. The van der Waals surface area contributed by atoms with Gasteiger partial charge in [0.05, 0.1) is 29.1 Å². The second-order valence-electron chi connectivity index (χ2n) is 7.16. The predicted molar refractivity (Wildman–Crippen MR) is 129 cm³/mol. The molecule has 0 atom stereocenters. The molecule has 9 heteroatoms. The van der Waals surface area contributed by atoms with Gasteiger partial charge in [-0.25, -0.2) is 12.8 Å². The highest BCUT2D eigenvalue weighted by Crippen LogP contribution is 2.32. The summed E-state index contributed by atoms with van der Waals surface area (Å²) in [7, 11) is -3.57. The molecule has 1 heterocycles. The topological polar surface area (TPSA) is 66.5 Å². The van der Waals surface area contributed by atoms with Gasteiger partial charge in [-0.05, 0) is 59.5 Å². The molecule has 3 aromatic carbocycles. The van der Waals surface area contributed by atoms with Gasteiger partial charge >= 0.3 is 0 Å². The molecule has 4 aromatic rings. The Morgan fingerprint density at radius 1 is 1.06 bits per heavy atom. The van der Waals surface area contributed by atoms with Gasteiger partial charge in [-0.2, -0.15) is 0 Å². The van der Waals surface area contributed by atoms with E-state index < -0.39 is 21.7 Å². The number of nitrogens with one attached hydrogen (secondary N) is 1. The van der Waals surface area contributed by atoms with Crippen LogP contribution < -0.4 is 9.62 Å². The molecule has 1 aromatic heterocycles. The lowest BCUT2D eigenvalue weighted by molar-refractivity contribution is 0.103. The highest BCUT2D eigenvalue weighted by molar-refractivity contribution is 7.92. The summed E-state index contributed by atoms with van der Waals surface area (Å²) in [5.41, 5.74) is 1.37. The molecule has 1 N–H and O–H groups in total. The van der Waals surface area contributed by atoms with Crippen molar-refractivity contribution in [1.29, 1.82) is 0 Å². The summed E-state index contributed by atoms with van der Waals surface area (Å²) in [4.78, 5) is 13.0. The lowest BCUT2D eigenvalue weighted by Crippen LogP contribution is -2.29. The van der Waals surface area contributed by atoms with E-state index in [0.29, 0.717) is 15.6 Å². The van der Waals surface area contributed by atoms with Crippen LogP contribution in [0.25, 0.3) is 10.1 Å². The number of sulfonamides is 1. The number of carbonyl (C=O) groups excluding carboxylic acids is 1. The van der Waals surface area contributed by atoms with Gasteiger partial charge in [0, 0.05) is 9.72 Å². The monoisotopic (exact) mass is 488 g/mol. The summed E-state index contributed by atoms with van der Waals surface area (Å²) in [5.74, 6) is -0.950. The van der Waals surface area contributed by atoms with Crippen LogP contribution in [0.15, 0.2) is 72.8 Å². The summed E-state index contributed by atoms with van der Waals surface area (Å²) in [6.45, 7) is 0.145. The average molecular weight is 489 g/mol. The maximum atomic E-state index is 13.8. The standard InChI is InChI=1S/C23H18ClFN2O3S2/c1-32(29,30)27(14-15-6-8-17(24)9-7-15)18-10-11-21-16(12-18)13-22(31-21)23(28)26-20-5-3-2-4-19(20)25/h2-13H,14H2,1H3,(H,26,28). The molecule has 32 heavy (non-hydrogen) atoms. The predicted octanol–water partition coefficient (Wildman–Crippen LogP) is 5.91. The van der Waals surface area contributed by atoms with Crippen molar-refractivity contribution in [2.24, 2.45) is 0 Å². The van der Waals surface area contributed by atoms with Crippen molar-refractivity contribution in [3.63, 3.8) is 0 Å². The molecule has 0 bridgehead atoms. The first-order valence-electron chi connectivity index (χ1n) is 9.52. The molecular weight excluding hydrogens is 471 g/mol. The van der Waals surface area contributed by atoms with Crippen molar-refractivity contribution in [2.45, 2.75) is 6.54 Å². The van der Waals surface area contributed by atoms with Crippen LogP contribution in [-0.2, 0) is 16.6 Å². The van der Waals surface area contributed by atoms with Crippen molar-refractivity contribution in [2.75, 3.05) is 15.9 Å². The van der Waals surface area contributed by atoms with Crippen LogP contribution in [0.5, 0.6) is 0 Å². The van der Waals surface area contributed by atoms with Crippen molar-refractivity contribution < 1.29 is 17.6 Å². The van der Waals surface area contributed by atoms with Gasteiger partial charge < -0.3 is 5.32 Å². The number of amides is 1. The van der Waals surface area contributed by atoms with E-state index in [4.69, 9.17) is 11.6 Å². The van der Waals surface area contributed by atoms with Crippen LogP contribution in [0, 0.1) is 5.82 Å². The lowest BCUT2D eigenvalue weighted by atomic mass is 10.2. The summed E-state index contributed by atoms with van der Waals surface area (Å²) in [6, 6.07) is 19.8. The number of hydrogen-bond donors (Lipinski definition) is 1. The molecule has 0 radical (unpaired) electrons. The number of carbonyl (C=O) groups is 1. The van der Waals surface area contributed by atoms with Gasteiger partial charge in [0.25, 0.3) is 5.91 Å². The Morgan fingerprint density at radius 3 is 2.47 bits per heavy atom. The molecule has 0 aliphatic rings. The Labute approximate surface area is 194 Å². The number of nitrogens with zero attached hydrogens (tertiary/aromatic N) is 1. The summed E-state index contributed by atoms with van der Waals surface area (Å²) >= 11 is 7.17.